The van der Waals surface area contributed by atoms with Gasteiger partial charge in [0.1, 0.15) is 5.65 Å². The van der Waals surface area contributed by atoms with Crippen LogP contribution in [0.1, 0.15) is 12.0 Å². The van der Waals surface area contributed by atoms with Gasteiger partial charge in [-0.15, -0.1) is 0 Å². The smallest absolute Gasteiger partial charge is 0.141 e. The lowest BCUT2D eigenvalue weighted by atomic mass is 10.1. The highest BCUT2D eigenvalue weighted by molar-refractivity contribution is 5.91. The van der Waals surface area contributed by atoms with Crippen molar-refractivity contribution >= 4 is 16.7 Å². The zero-order chi connectivity index (χ0) is 16.4. The minimum atomic E-state index is 0.880. The average molecular weight is 314 g/mol. The summed E-state index contributed by atoms with van der Waals surface area (Å²) in [5.41, 5.74) is 4.43. The SMILES string of the molecule is Cn1cc(N2CC=C(C#Cc3cccnc3)CC2)c2cccnc21. The van der Waals surface area contributed by atoms with Crippen molar-refractivity contribution in [3.63, 3.8) is 0 Å². The van der Waals surface area contributed by atoms with Gasteiger partial charge in [-0.2, -0.15) is 0 Å². The second kappa shape index (κ2) is 6.21. The van der Waals surface area contributed by atoms with Crippen molar-refractivity contribution in [2.45, 2.75) is 6.42 Å². The molecule has 0 aromatic carbocycles. The van der Waals surface area contributed by atoms with E-state index in [4.69, 9.17) is 0 Å². The molecule has 4 nitrogen and oxygen atoms in total. The molecule has 4 heterocycles. The number of rotatable bonds is 1. The van der Waals surface area contributed by atoms with Crippen molar-refractivity contribution in [2.24, 2.45) is 7.05 Å². The van der Waals surface area contributed by atoms with Crippen LogP contribution in [-0.2, 0) is 7.05 Å². The third-order valence-electron chi connectivity index (χ3n) is 4.29. The van der Waals surface area contributed by atoms with Gasteiger partial charge < -0.3 is 9.47 Å². The van der Waals surface area contributed by atoms with E-state index in [1.54, 1.807) is 12.4 Å². The van der Waals surface area contributed by atoms with Gasteiger partial charge in [-0.1, -0.05) is 17.9 Å². The van der Waals surface area contributed by atoms with Gasteiger partial charge in [0.15, 0.2) is 0 Å². The summed E-state index contributed by atoms with van der Waals surface area (Å²) in [5, 5.41) is 1.21. The van der Waals surface area contributed by atoms with Crippen LogP contribution in [0.4, 0.5) is 5.69 Å². The van der Waals surface area contributed by atoms with Gasteiger partial charge >= 0.3 is 0 Å². The molecule has 0 fully saturated rings. The summed E-state index contributed by atoms with van der Waals surface area (Å²) >= 11 is 0. The minimum absolute atomic E-state index is 0.880. The summed E-state index contributed by atoms with van der Waals surface area (Å²) in [4.78, 5) is 10.9. The zero-order valence-corrected chi connectivity index (χ0v) is 13.6. The number of hydrogen-bond acceptors (Lipinski definition) is 3. The van der Waals surface area contributed by atoms with Crippen molar-refractivity contribution in [2.75, 3.05) is 18.0 Å². The van der Waals surface area contributed by atoms with Crippen molar-refractivity contribution in [3.05, 3.63) is 66.3 Å². The van der Waals surface area contributed by atoms with Crippen LogP contribution < -0.4 is 4.90 Å². The Hall–Kier alpha value is -3.06. The molecule has 24 heavy (non-hydrogen) atoms. The second-order valence-electron chi connectivity index (χ2n) is 5.92. The molecule has 118 valence electrons. The van der Waals surface area contributed by atoms with Crippen LogP contribution in [0.5, 0.6) is 0 Å². The first-order valence-electron chi connectivity index (χ1n) is 8.07. The second-order valence-corrected chi connectivity index (χ2v) is 5.92. The van der Waals surface area contributed by atoms with Gasteiger partial charge in [0, 0.05) is 61.4 Å². The highest BCUT2D eigenvalue weighted by Gasteiger charge is 2.16. The molecule has 0 spiro atoms. The maximum atomic E-state index is 4.47. The quantitative estimate of drug-likeness (QED) is 0.647. The van der Waals surface area contributed by atoms with E-state index in [1.807, 2.05) is 31.4 Å². The minimum Gasteiger partial charge on any atom is -0.366 e. The van der Waals surface area contributed by atoms with E-state index in [9.17, 15) is 0 Å². The van der Waals surface area contributed by atoms with E-state index < -0.39 is 0 Å². The Kier molecular flexibility index (Phi) is 3.76. The fourth-order valence-electron chi connectivity index (χ4n) is 3.03. The first-order valence-corrected chi connectivity index (χ1v) is 8.07. The Labute approximate surface area is 141 Å². The molecule has 0 aliphatic carbocycles. The standard InChI is InChI=1S/C20H18N4/c1-23-15-19(18-5-3-11-22-20(18)23)24-12-8-16(9-13-24)6-7-17-4-2-10-21-14-17/h2-5,8,10-11,14-15H,9,12-13H2,1H3. The van der Waals surface area contributed by atoms with Crippen LogP contribution in [0.2, 0.25) is 0 Å². The molecule has 0 unspecified atom stereocenters. The van der Waals surface area contributed by atoms with E-state index in [0.29, 0.717) is 0 Å². The number of hydrogen-bond donors (Lipinski definition) is 0. The van der Waals surface area contributed by atoms with Crippen LogP contribution in [0.3, 0.4) is 0 Å². The molecule has 0 bridgehead atoms. The van der Waals surface area contributed by atoms with Crippen molar-refractivity contribution in [1.82, 2.24) is 14.5 Å². The first-order chi connectivity index (χ1) is 11.8. The Balaban J connectivity index is 1.55. The van der Waals surface area contributed by atoms with Crippen molar-refractivity contribution in [3.8, 4) is 11.8 Å². The highest BCUT2D eigenvalue weighted by atomic mass is 15.2. The van der Waals surface area contributed by atoms with Gasteiger partial charge in [0.25, 0.3) is 0 Å². The number of nitrogens with zero attached hydrogens (tertiary/aromatic N) is 4. The molecule has 0 N–H and O–H groups in total. The molecular weight excluding hydrogens is 296 g/mol. The summed E-state index contributed by atoms with van der Waals surface area (Å²) in [5.74, 6) is 6.47. The summed E-state index contributed by atoms with van der Waals surface area (Å²) in [6.07, 6.45) is 10.8. The van der Waals surface area contributed by atoms with Crippen LogP contribution in [0, 0.1) is 11.8 Å². The topological polar surface area (TPSA) is 34.0 Å². The fraction of sp³-hybridized carbons (Fsp3) is 0.200. The Morgan fingerprint density at radius 2 is 2.04 bits per heavy atom. The summed E-state index contributed by atoms with van der Waals surface area (Å²) in [7, 11) is 2.05. The maximum Gasteiger partial charge on any atom is 0.141 e. The highest BCUT2D eigenvalue weighted by Crippen LogP contribution is 2.29. The molecule has 3 aromatic rings. The van der Waals surface area contributed by atoms with Gasteiger partial charge in [-0.25, -0.2) is 4.98 Å². The molecule has 3 aromatic heterocycles. The molecule has 1 aliphatic rings. The number of aromatic nitrogens is 3. The predicted octanol–water partition coefficient (Wildman–Crippen LogP) is 3.16. The largest absolute Gasteiger partial charge is 0.366 e. The molecule has 4 rings (SSSR count). The molecule has 0 atom stereocenters. The van der Waals surface area contributed by atoms with Gasteiger partial charge in [0.05, 0.1) is 5.69 Å². The van der Waals surface area contributed by atoms with E-state index in [1.165, 1.54) is 16.6 Å². The van der Waals surface area contributed by atoms with Crippen LogP contribution in [0.25, 0.3) is 11.0 Å². The van der Waals surface area contributed by atoms with E-state index >= 15 is 0 Å². The van der Waals surface area contributed by atoms with Gasteiger partial charge in [-0.05, 0) is 30.7 Å². The average Bonchev–Trinajstić information content (AvgIpc) is 2.99. The lowest BCUT2D eigenvalue weighted by molar-refractivity contribution is 0.803. The number of aryl methyl sites for hydroxylation is 1. The number of pyridine rings is 2. The summed E-state index contributed by atoms with van der Waals surface area (Å²) in [6.45, 7) is 1.85. The van der Waals surface area contributed by atoms with Crippen molar-refractivity contribution in [1.29, 1.82) is 0 Å². The summed E-state index contributed by atoms with van der Waals surface area (Å²) < 4.78 is 2.09. The van der Waals surface area contributed by atoms with Crippen LogP contribution in [0.15, 0.2) is 60.7 Å². The molecule has 0 amide bonds. The normalized spacial score (nSPS) is 14.2. The third-order valence-corrected chi connectivity index (χ3v) is 4.29. The molecule has 4 heteroatoms. The van der Waals surface area contributed by atoms with Gasteiger partial charge in [-0.3, -0.25) is 4.98 Å². The Bertz CT molecular complexity index is 957. The number of fused-ring (bicyclic) bond motifs is 1. The fourth-order valence-corrected chi connectivity index (χ4v) is 3.03. The molecular formula is C20H18N4. The Morgan fingerprint density at radius 1 is 1.12 bits per heavy atom. The first kappa shape index (κ1) is 14.5. The van der Waals surface area contributed by atoms with E-state index in [2.05, 4.69) is 49.6 Å². The maximum absolute atomic E-state index is 4.47. The molecule has 0 saturated carbocycles. The van der Waals surface area contributed by atoms with Crippen LogP contribution >= 0.6 is 0 Å². The van der Waals surface area contributed by atoms with Crippen LogP contribution in [-0.4, -0.2) is 27.6 Å². The molecule has 1 aliphatic heterocycles. The van der Waals surface area contributed by atoms with E-state index in [-0.39, 0.29) is 0 Å². The summed E-state index contributed by atoms with van der Waals surface area (Å²) in [6, 6.07) is 8.03. The Morgan fingerprint density at radius 3 is 2.83 bits per heavy atom. The van der Waals surface area contributed by atoms with E-state index in [0.717, 1.165) is 30.7 Å². The zero-order valence-electron chi connectivity index (χ0n) is 13.6. The monoisotopic (exact) mass is 314 g/mol. The van der Waals surface area contributed by atoms with Crippen molar-refractivity contribution < 1.29 is 0 Å². The lowest BCUT2D eigenvalue weighted by Crippen LogP contribution is -2.28. The third kappa shape index (κ3) is 2.77. The molecule has 0 radical (unpaired) electrons. The number of anilines is 1. The predicted molar refractivity (Wildman–Crippen MR) is 96.7 cm³/mol. The van der Waals surface area contributed by atoms with Gasteiger partial charge in [0.2, 0.25) is 0 Å². The molecule has 0 saturated heterocycles. The lowest BCUT2D eigenvalue weighted by Gasteiger charge is -2.26.